The summed E-state index contributed by atoms with van der Waals surface area (Å²) in [6, 6.07) is 4.75. The summed E-state index contributed by atoms with van der Waals surface area (Å²) in [4.78, 5) is 12.0. The van der Waals surface area contributed by atoms with Crippen molar-refractivity contribution in [1.82, 2.24) is 0 Å². The summed E-state index contributed by atoms with van der Waals surface area (Å²) in [7, 11) is 0. The SMILES string of the molecule is CC(CCOC(=O)c1cc(Cl)cc(Cl)c1)C1CCC2(C)OC2C1. The highest BCUT2D eigenvalue weighted by molar-refractivity contribution is 6.35. The van der Waals surface area contributed by atoms with Crippen LogP contribution in [0.2, 0.25) is 10.0 Å². The number of carbonyl (C=O) groups excluding carboxylic acids is 1. The van der Waals surface area contributed by atoms with E-state index in [0.717, 1.165) is 19.3 Å². The minimum atomic E-state index is -0.372. The van der Waals surface area contributed by atoms with Gasteiger partial charge in [0, 0.05) is 10.0 Å². The molecule has 1 aliphatic carbocycles. The zero-order valence-electron chi connectivity index (χ0n) is 13.5. The normalized spacial score (nSPS) is 30.4. The van der Waals surface area contributed by atoms with Crippen LogP contribution in [-0.4, -0.2) is 24.3 Å². The molecular formula is C18H22Cl2O3. The molecule has 1 aliphatic heterocycles. The van der Waals surface area contributed by atoms with E-state index in [2.05, 4.69) is 13.8 Å². The van der Waals surface area contributed by atoms with Gasteiger partial charge in [0.25, 0.3) is 0 Å². The zero-order chi connectivity index (χ0) is 16.6. The molecule has 2 fully saturated rings. The van der Waals surface area contributed by atoms with Crippen molar-refractivity contribution in [3.63, 3.8) is 0 Å². The number of rotatable bonds is 5. The number of fused-ring (bicyclic) bond motifs is 1. The largest absolute Gasteiger partial charge is 0.462 e. The Balaban J connectivity index is 1.44. The summed E-state index contributed by atoms with van der Waals surface area (Å²) in [5.74, 6) is 0.817. The van der Waals surface area contributed by atoms with E-state index in [9.17, 15) is 4.79 Å². The van der Waals surface area contributed by atoms with E-state index < -0.39 is 0 Å². The molecule has 0 spiro atoms. The standard InChI is InChI=1S/C18H22Cl2O3/c1-11(12-3-5-18(2)16(9-12)23-18)4-6-22-17(21)13-7-14(19)10-15(20)8-13/h7-8,10-12,16H,3-6,9H2,1-2H3. The van der Waals surface area contributed by atoms with Crippen molar-refractivity contribution in [2.75, 3.05) is 6.61 Å². The molecule has 0 amide bonds. The van der Waals surface area contributed by atoms with Crippen LogP contribution in [0.5, 0.6) is 0 Å². The molecule has 1 aromatic rings. The number of hydrogen-bond donors (Lipinski definition) is 0. The molecule has 4 unspecified atom stereocenters. The lowest BCUT2D eigenvalue weighted by molar-refractivity contribution is 0.0468. The number of benzene rings is 1. The van der Waals surface area contributed by atoms with Crippen molar-refractivity contribution in [3.05, 3.63) is 33.8 Å². The Hall–Kier alpha value is -0.770. The maximum Gasteiger partial charge on any atom is 0.338 e. The highest BCUT2D eigenvalue weighted by Crippen LogP contribution is 2.51. The summed E-state index contributed by atoms with van der Waals surface area (Å²) in [6.07, 6.45) is 4.79. The van der Waals surface area contributed by atoms with Gasteiger partial charge in [0.05, 0.1) is 23.9 Å². The maximum absolute atomic E-state index is 12.0. The smallest absolute Gasteiger partial charge is 0.338 e. The highest BCUT2D eigenvalue weighted by atomic mass is 35.5. The van der Waals surface area contributed by atoms with Gasteiger partial charge in [0.2, 0.25) is 0 Å². The predicted molar refractivity (Wildman–Crippen MR) is 91.1 cm³/mol. The fraction of sp³-hybridized carbons (Fsp3) is 0.611. The van der Waals surface area contributed by atoms with Crippen LogP contribution in [0.25, 0.3) is 0 Å². The van der Waals surface area contributed by atoms with Crippen LogP contribution >= 0.6 is 23.2 Å². The molecule has 23 heavy (non-hydrogen) atoms. The van der Waals surface area contributed by atoms with E-state index in [1.54, 1.807) is 18.2 Å². The van der Waals surface area contributed by atoms with E-state index in [4.69, 9.17) is 32.7 Å². The van der Waals surface area contributed by atoms with Gasteiger partial charge in [-0.05, 0) is 62.6 Å². The third-order valence-corrected chi connectivity index (χ3v) is 5.71. The lowest BCUT2D eigenvalue weighted by atomic mass is 9.76. The molecule has 1 aromatic carbocycles. The summed E-state index contributed by atoms with van der Waals surface area (Å²) in [5, 5.41) is 0.875. The van der Waals surface area contributed by atoms with E-state index >= 15 is 0 Å². The third kappa shape index (κ3) is 4.01. The Morgan fingerprint density at radius 1 is 1.39 bits per heavy atom. The number of esters is 1. The number of epoxide rings is 1. The lowest BCUT2D eigenvalue weighted by Gasteiger charge is -2.27. The van der Waals surface area contributed by atoms with Crippen molar-refractivity contribution in [3.8, 4) is 0 Å². The average molecular weight is 357 g/mol. The van der Waals surface area contributed by atoms with Gasteiger partial charge < -0.3 is 9.47 Å². The molecule has 0 N–H and O–H groups in total. The Morgan fingerprint density at radius 3 is 2.74 bits per heavy atom. The summed E-state index contributed by atoms with van der Waals surface area (Å²) in [5.41, 5.74) is 0.559. The first-order chi connectivity index (χ1) is 10.9. The zero-order valence-corrected chi connectivity index (χ0v) is 15.0. The maximum atomic E-state index is 12.0. The van der Waals surface area contributed by atoms with Gasteiger partial charge in [-0.25, -0.2) is 4.79 Å². The van der Waals surface area contributed by atoms with Gasteiger partial charge in [-0.1, -0.05) is 30.1 Å². The monoisotopic (exact) mass is 356 g/mol. The van der Waals surface area contributed by atoms with Crippen molar-refractivity contribution < 1.29 is 14.3 Å². The second-order valence-corrected chi connectivity index (χ2v) is 7.89. The topological polar surface area (TPSA) is 38.8 Å². The van der Waals surface area contributed by atoms with Gasteiger partial charge in [-0.3, -0.25) is 0 Å². The van der Waals surface area contributed by atoms with Gasteiger partial charge in [0.1, 0.15) is 0 Å². The van der Waals surface area contributed by atoms with Gasteiger partial charge >= 0.3 is 5.97 Å². The first kappa shape index (κ1) is 17.1. The third-order valence-electron chi connectivity index (χ3n) is 5.27. The molecular weight excluding hydrogens is 335 g/mol. The number of hydrogen-bond acceptors (Lipinski definition) is 3. The number of carbonyl (C=O) groups is 1. The summed E-state index contributed by atoms with van der Waals surface area (Å²) >= 11 is 11.8. The summed E-state index contributed by atoms with van der Waals surface area (Å²) in [6.45, 7) is 4.86. The first-order valence-corrected chi connectivity index (χ1v) is 8.94. The second kappa shape index (κ2) is 6.62. The fourth-order valence-corrected chi connectivity index (χ4v) is 4.04. The van der Waals surface area contributed by atoms with Crippen molar-refractivity contribution >= 4 is 29.2 Å². The van der Waals surface area contributed by atoms with Crippen LogP contribution in [0.3, 0.4) is 0 Å². The molecule has 2 aliphatic rings. The summed E-state index contributed by atoms with van der Waals surface area (Å²) < 4.78 is 11.1. The number of ether oxygens (including phenoxy) is 2. The Kier molecular flexibility index (Phi) is 4.91. The second-order valence-electron chi connectivity index (χ2n) is 7.01. The average Bonchev–Trinajstić information content (AvgIpc) is 3.16. The van der Waals surface area contributed by atoms with E-state index in [0.29, 0.717) is 40.2 Å². The Bertz CT molecular complexity index is 584. The minimum absolute atomic E-state index is 0.161. The molecule has 0 radical (unpaired) electrons. The highest BCUT2D eigenvalue weighted by Gasteiger charge is 2.55. The minimum Gasteiger partial charge on any atom is -0.462 e. The molecule has 5 heteroatoms. The molecule has 3 nitrogen and oxygen atoms in total. The molecule has 1 saturated heterocycles. The van der Waals surface area contributed by atoms with Crippen LogP contribution < -0.4 is 0 Å². The van der Waals surface area contributed by atoms with Crippen LogP contribution in [0.4, 0.5) is 0 Å². The van der Waals surface area contributed by atoms with Gasteiger partial charge in [-0.2, -0.15) is 0 Å². The van der Waals surface area contributed by atoms with Crippen LogP contribution in [0, 0.1) is 11.8 Å². The van der Waals surface area contributed by atoms with Gasteiger partial charge in [0.15, 0.2) is 0 Å². The molecule has 126 valence electrons. The van der Waals surface area contributed by atoms with E-state index in [-0.39, 0.29) is 11.6 Å². The molecule has 3 rings (SSSR count). The van der Waals surface area contributed by atoms with Crippen LogP contribution in [0.15, 0.2) is 18.2 Å². The van der Waals surface area contributed by atoms with Crippen molar-refractivity contribution in [2.45, 2.75) is 51.2 Å². The number of halogens is 2. The molecule has 0 aromatic heterocycles. The predicted octanol–water partition coefficient (Wildman–Crippen LogP) is 5.13. The molecule has 1 saturated carbocycles. The quantitative estimate of drug-likeness (QED) is 0.541. The fourth-order valence-electron chi connectivity index (χ4n) is 3.52. The Labute approximate surface area is 147 Å². The van der Waals surface area contributed by atoms with Gasteiger partial charge in [-0.15, -0.1) is 0 Å². The lowest BCUT2D eigenvalue weighted by Crippen LogP contribution is -2.26. The van der Waals surface area contributed by atoms with Crippen molar-refractivity contribution in [2.24, 2.45) is 11.8 Å². The molecule has 0 bridgehead atoms. The van der Waals surface area contributed by atoms with Crippen molar-refractivity contribution in [1.29, 1.82) is 0 Å². The van der Waals surface area contributed by atoms with Crippen LogP contribution in [0.1, 0.15) is 49.9 Å². The molecule has 4 atom stereocenters. The molecule has 1 heterocycles. The van der Waals surface area contributed by atoms with E-state index in [1.807, 2.05) is 0 Å². The van der Waals surface area contributed by atoms with E-state index in [1.165, 1.54) is 6.42 Å². The first-order valence-electron chi connectivity index (χ1n) is 8.18. The van der Waals surface area contributed by atoms with Crippen LogP contribution in [-0.2, 0) is 9.47 Å². The Morgan fingerprint density at radius 2 is 2.09 bits per heavy atom.